The maximum Gasteiger partial charge on any atom is 0.243 e. The fourth-order valence-electron chi connectivity index (χ4n) is 3.49. The summed E-state index contributed by atoms with van der Waals surface area (Å²) in [5.74, 6) is 0.793. The smallest absolute Gasteiger partial charge is 0.243 e. The van der Waals surface area contributed by atoms with Gasteiger partial charge in [-0.25, -0.2) is 0 Å². The Kier molecular flexibility index (Phi) is 4.27. The molecule has 1 aliphatic carbocycles. The first kappa shape index (κ1) is 13.4. The van der Waals surface area contributed by atoms with Crippen molar-refractivity contribution in [2.45, 2.75) is 58.3 Å². The highest BCUT2D eigenvalue weighted by Crippen LogP contribution is 2.38. The molecule has 0 spiro atoms. The molecule has 1 amide bonds. The zero-order valence-corrected chi connectivity index (χ0v) is 11.5. The number of carbonyl (C=O) groups excluding carboxylic acids is 1. The molecule has 1 unspecified atom stereocenters. The molecule has 100 valence electrons. The van der Waals surface area contributed by atoms with Gasteiger partial charge in [0.1, 0.15) is 5.41 Å². The van der Waals surface area contributed by atoms with Gasteiger partial charge in [0.15, 0.2) is 0 Å². The molecule has 0 aromatic heterocycles. The molecule has 1 heterocycles. The maximum atomic E-state index is 12.6. The van der Waals surface area contributed by atoms with Crippen molar-refractivity contribution in [3.63, 3.8) is 0 Å². The van der Waals surface area contributed by atoms with Crippen molar-refractivity contribution in [2.24, 2.45) is 11.3 Å². The number of hydrogen-bond donors (Lipinski definition) is 0. The highest BCUT2D eigenvalue weighted by molar-refractivity contribution is 5.85. The predicted molar refractivity (Wildman–Crippen MR) is 70.7 cm³/mol. The van der Waals surface area contributed by atoms with Crippen molar-refractivity contribution >= 4 is 5.91 Å². The van der Waals surface area contributed by atoms with Crippen LogP contribution in [0.15, 0.2) is 0 Å². The number of nitrogens with zero attached hydrogens (tertiary/aromatic N) is 2. The van der Waals surface area contributed by atoms with Crippen molar-refractivity contribution in [3.8, 4) is 6.07 Å². The Bertz CT molecular complexity index is 339. The number of hydrogen-bond acceptors (Lipinski definition) is 2. The van der Waals surface area contributed by atoms with Crippen molar-refractivity contribution in [3.05, 3.63) is 0 Å². The van der Waals surface area contributed by atoms with E-state index in [1.165, 1.54) is 19.3 Å². The van der Waals surface area contributed by atoms with Crippen molar-refractivity contribution < 1.29 is 4.79 Å². The highest BCUT2D eigenvalue weighted by atomic mass is 16.2. The van der Waals surface area contributed by atoms with Crippen molar-refractivity contribution in [2.75, 3.05) is 13.1 Å². The third-order valence-electron chi connectivity index (χ3n) is 4.60. The summed E-state index contributed by atoms with van der Waals surface area (Å²) >= 11 is 0. The molecule has 1 saturated carbocycles. The van der Waals surface area contributed by atoms with Crippen LogP contribution in [0.3, 0.4) is 0 Å². The van der Waals surface area contributed by atoms with Crippen molar-refractivity contribution in [1.82, 2.24) is 4.90 Å². The zero-order chi connectivity index (χ0) is 13.0. The quantitative estimate of drug-likeness (QED) is 0.770. The minimum atomic E-state index is -0.681. The lowest BCUT2D eigenvalue weighted by molar-refractivity contribution is -0.139. The second-order valence-corrected chi connectivity index (χ2v) is 5.95. The maximum absolute atomic E-state index is 12.6. The SMILES string of the molecule is CCCC1CCN(C(=O)C2(C#N)CCCCC2)C1. The lowest BCUT2D eigenvalue weighted by atomic mass is 9.74. The van der Waals surface area contributed by atoms with Gasteiger partial charge in [0, 0.05) is 13.1 Å². The van der Waals surface area contributed by atoms with Gasteiger partial charge in [0.05, 0.1) is 6.07 Å². The Hall–Kier alpha value is -1.04. The molecule has 3 heteroatoms. The first-order chi connectivity index (χ1) is 8.72. The number of likely N-dealkylation sites (tertiary alicyclic amines) is 1. The van der Waals surface area contributed by atoms with Gasteiger partial charge < -0.3 is 4.90 Å². The van der Waals surface area contributed by atoms with Crippen LogP contribution in [0, 0.1) is 22.7 Å². The Morgan fingerprint density at radius 3 is 2.72 bits per heavy atom. The van der Waals surface area contributed by atoms with Crippen LogP contribution in [-0.4, -0.2) is 23.9 Å². The topological polar surface area (TPSA) is 44.1 Å². The third-order valence-corrected chi connectivity index (χ3v) is 4.60. The van der Waals surface area contributed by atoms with Crippen LogP contribution >= 0.6 is 0 Å². The normalized spacial score (nSPS) is 26.9. The fraction of sp³-hybridized carbons (Fsp3) is 0.867. The first-order valence-electron chi connectivity index (χ1n) is 7.42. The molecule has 1 aliphatic heterocycles. The molecule has 1 atom stereocenters. The Balaban J connectivity index is 2.00. The summed E-state index contributed by atoms with van der Waals surface area (Å²) in [6.45, 7) is 3.95. The predicted octanol–water partition coefficient (Wildman–Crippen LogP) is 3.11. The minimum Gasteiger partial charge on any atom is -0.341 e. The standard InChI is InChI=1S/C15H24N2O/c1-2-6-13-7-10-17(11-13)14(18)15(12-16)8-4-3-5-9-15/h13H,2-11H2,1H3. The van der Waals surface area contributed by atoms with Gasteiger partial charge in [-0.1, -0.05) is 32.6 Å². The van der Waals surface area contributed by atoms with Crippen LogP contribution in [0.1, 0.15) is 58.3 Å². The molecule has 2 aliphatic rings. The summed E-state index contributed by atoms with van der Waals surface area (Å²) in [6, 6.07) is 2.35. The van der Waals surface area contributed by atoms with Gasteiger partial charge >= 0.3 is 0 Å². The molecular formula is C15H24N2O. The second kappa shape index (κ2) is 5.73. The van der Waals surface area contributed by atoms with E-state index in [4.69, 9.17) is 0 Å². The van der Waals surface area contributed by atoms with Gasteiger partial charge in [-0.05, 0) is 31.6 Å². The first-order valence-corrected chi connectivity index (χ1v) is 7.42. The molecule has 1 saturated heterocycles. The summed E-state index contributed by atoms with van der Waals surface area (Å²) in [6.07, 6.45) is 8.32. The summed E-state index contributed by atoms with van der Waals surface area (Å²) in [4.78, 5) is 14.6. The molecule has 18 heavy (non-hydrogen) atoms. The lowest BCUT2D eigenvalue weighted by Gasteiger charge is -2.33. The van der Waals surface area contributed by atoms with Gasteiger partial charge in [-0.15, -0.1) is 0 Å². The second-order valence-electron chi connectivity index (χ2n) is 5.95. The van der Waals surface area contributed by atoms with E-state index in [9.17, 15) is 10.1 Å². The molecule has 3 nitrogen and oxygen atoms in total. The van der Waals surface area contributed by atoms with E-state index >= 15 is 0 Å². The van der Waals surface area contributed by atoms with E-state index in [0.717, 1.165) is 45.2 Å². The summed E-state index contributed by atoms with van der Waals surface area (Å²) in [5.41, 5.74) is -0.681. The minimum absolute atomic E-state index is 0.128. The lowest BCUT2D eigenvalue weighted by Crippen LogP contribution is -2.43. The number of amides is 1. The van der Waals surface area contributed by atoms with Crippen molar-refractivity contribution in [1.29, 1.82) is 5.26 Å². The fourth-order valence-corrected chi connectivity index (χ4v) is 3.49. The molecule has 0 aromatic carbocycles. The summed E-state index contributed by atoms with van der Waals surface area (Å²) < 4.78 is 0. The Morgan fingerprint density at radius 1 is 1.39 bits per heavy atom. The summed E-state index contributed by atoms with van der Waals surface area (Å²) in [7, 11) is 0. The van der Waals surface area contributed by atoms with Gasteiger partial charge in [0.2, 0.25) is 5.91 Å². The van der Waals surface area contributed by atoms with E-state index in [1.807, 2.05) is 4.90 Å². The Labute approximate surface area is 110 Å². The average Bonchev–Trinajstić information content (AvgIpc) is 2.87. The number of carbonyl (C=O) groups is 1. The molecule has 0 aromatic rings. The molecule has 2 rings (SSSR count). The van der Waals surface area contributed by atoms with Gasteiger partial charge in [0.25, 0.3) is 0 Å². The highest BCUT2D eigenvalue weighted by Gasteiger charge is 2.43. The van der Waals surface area contributed by atoms with Crippen LogP contribution in [0.4, 0.5) is 0 Å². The van der Waals surface area contributed by atoms with E-state index in [-0.39, 0.29) is 5.91 Å². The molecule has 0 bridgehead atoms. The van der Waals surface area contributed by atoms with E-state index in [0.29, 0.717) is 5.92 Å². The van der Waals surface area contributed by atoms with Gasteiger partial charge in [-0.3, -0.25) is 4.79 Å². The van der Waals surface area contributed by atoms with Crippen LogP contribution in [0.5, 0.6) is 0 Å². The average molecular weight is 248 g/mol. The van der Waals surface area contributed by atoms with Crippen LogP contribution in [0.25, 0.3) is 0 Å². The number of nitriles is 1. The van der Waals surface area contributed by atoms with E-state index in [1.54, 1.807) is 0 Å². The van der Waals surface area contributed by atoms with E-state index in [2.05, 4.69) is 13.0 Å². The molecular weight excluding hydrogens is 224 g/mol. The zero-order valence-electron chi connectivity index (χ0n) is 11.5. The molecule has 0 radical (unpaired) electrons. The van der Waals surface area contributed by atoms with Gasteiger partial charge in [-0.2, -0.15) is 5.26 Å². The largest absolute Gasteiger partial charge is 0.341 e. The number of rotatable bonds is 3. The van der Waals surface area contributed by atoms with Crippen LogP contribution in [-0.2, 0) is 4.79 Å². The molecule has 0 N–H and O–H groups in total. The van der Waals surface area contributed by atoms with Crippen LogP contribution < -0.4 is 0 Å². The molecule has 2 fully saturated rings. The van der Waals surface area contributed by atoms with Crippen LogP contribution in [0.2, 0.25) is 0 Å². The Morgan fingerprint density at radius 2 is 2.11 bits per heavy atom. The monoisotopic (exact) mass is 248 g/mol. The van der Waals surface area contributed by atoms with E-state index < -0.39 is 5.41 Å². The summed E-state index contributed by atoms with van der Waals surface area (Å²) in [5, 5.41) is 9.44. The third kappa shape index (κ3) is 2.53.